The predicted molar refractivity (Wildman–Crippen MR) is 76.3 cm³/mol. The summed E-state index contributed by atoms with van der Waals surface area (Å²) >= 11 is 0. The second-order valence-corrected chi connectivity index (χ2v) is 4.78. The predicted octanol–water partition coefficient (Wildman–Crippen LogP) is 3.79. The monoisotopic (exact) mass is 255 g/mol. The molecule has 18 heavy (non-hydrogen) atoms. The Balaban J connectivity index is 3.92. The molecule has 0 saturated heterocycles. The lowest BCUT2D eigenvalue weighted by molar-refractivity contribution is -0.144. The fourth-order valence-corrected chi connectivity index (χ4v) is 2.07. The van der Waals surface area contributed by atoms with Crippen LogP contribution < -0.4 is 5.32 Å². The smallest absolute Gasteiger partial charge is 0.331 e. The van der Waals surface area contributed by atoms with Crippen LogP contribution in [0.3, 0.4) is 0 Å². The molecule has 0 aliphatic heterocycles. The third-order valence-electron chi connectivity index (χ3n) is 2.97. The molecule has 0 rings (SSSR count). The molecule has 0 amide bonds. The highest BCUT2D eigenvalue weighted by atomic mass is 16.6. The number of rotatable bonds is 11. The van der Waals surface area contributed by atoms with Gasteiger partial charge in [-0.1, -0.05) is 52.5 Å². The minimum atomic E-state index is -0.365. The van der Waals surface area contributed by atoms with Gasteiger partial charge >= 0.3 is 5.97 Å². The van der Waals surface area contributed by atoms with Crippen molar-refractivity contribution in [2.24, 2.45) is 0 Å². The van der Waals surface area contributed by atoms with E-state index < -0.39 is 0 Å². The van der Waals surface area contributed by atoms with Crippen LogP contribution in [0.25, 0.3) is 0 Å². The third-order valence-corrected chi connectivity index (χ3v) is 2.97. The van der Waals surface area contributed by atoms with Crippen LogP contribution in [0.4, 0.5) is 0 Å². The summed E-state index contributed by atoms with van der Waals surface area (Å²) in [4.78, 5) is 11.1. The summed E-state index contributed by atoms with van der Waals surface area (Å²) in [6, 6.07) is 0.444. The highest BCUT2D eigenvalue weighted by molar-refractivity contribution is 5.81. The topological polar surface area (TPSA) is 38.3 Å². The van der Waals surface area contributed by atoms with Crippen molar-refractivity contribution in [1.82, 2.24) is 5.32 Å². The van der Waals surface area contributed by atoms with Crippen LogP contribution >= 0.6 is 0 Å². The summed E-state index contributed by atoms with van der Waals surface area (Å²) in [5, 5.41) is 3.37. The number of hydrogen-bond acceptors (Lipinski definition) is 3. The summed E-state index contributed by atoms with van der Waals surface area (Å²) in [6.45, 7) is 9.67. The zero-order valence-corrected chi connectivity index (χ0v) is 12.2. The largest absolute Gasteiger partial charge is 0.444 e. The number of hydrogen-bond donors (Lipinski definition) is 1. The standard InChI is InChI=1S/C15H29NO2/c1-5-8-9-10-12-14(11-6-2)16-13(4)18-15(17)7-3/h7,13-14,16H,3,5-6,8-12H2,1-2,4H3. The van der Waals surface area contributed by atoms with Gasteiger partial charge in [-0.25, -0.2) is 4.79 Å². The number of ether oxygens (including phenoxy) is 1. The molecule has 0 aromatic carbocycles. The van der Waals surface area contributed by atoms with Crippen LogP contribution in [0.2, 0.25) is 0 Å². The number of esters is 1. The van der Waals surface area contributed by atoms with E-state index in [0.29, 0.717) is 6.04 Å². The van der Waals surface area contributed by atoms with Crippen molar-refractivity contribution in [3.63, 3.8) is 0 Å². The van der Waals surface area contributed by atoms with Crippen molar-refractivity contribution in [2.45, 2.75) is 78.0 Å². The molecule has 2 atom stereocenters. The molecule has 0 fully saturated rings. The fourth-order valence-electron chi connectivity index (χ4n) is 2.07. The Morgan fingerprint density at radius 2 is 1.94 bits per heavy atom. The third kappa shape index (κ3) is 9.23. The van der Waals surface area contributed by atoms with Crippen molar-refractivity contribution in [3.8, 4) is 0 Å². The molecule has 0 aliphatic carbocycles. The second-order valence-electron chi connectivity index (χ2n) is 4.78. The summed E-state index contributed by atoms with van der Waals surface area (Å²) in [7, 11) is 0. The average Bonchev–Trinajstić information content (AvgIpc) is 2.34. The summed E-state index contributed by atoms with van der Waals surface area (Å²) in [5.41, 5.74) is 0. The number of unbranched alkanes of at least 4 members (excludes halogenated alkanes) is 3. The molecule has 0 heterocycles. The van der Waals surface area contributed by atoms with Crippen molar-refractivity contribution in [1.29, 1.82) is 0 Å². The van der Waals surface area contributed by atoms with E-state index in [4.69, 9.17) is 4.74 Å². The van der Waals surface area contributed by atoms with Gasteiger partial charge in [-0.05, 0) is 19.8 Å². The lowest BCUT2D eigenvalue weighted by atomic mass is 10.0. The van der Waals surface area contributed by atoms with E-state index in [1.807, 2.05) is 6.92 Å². The summed E-state index contributed by atoms with van der Waals surface area (Å²) in [5.74, 6) is -0.365. The summed E-state index contributed by atoms with van der Waals surface area (Å²) < 4.78 is 5.14. The molecule has 3 nitrogen and oxygen atoms in total. The van der Waals surface area contributed by atoms with Crippen LogP contribution in [0.1, 0.15) is 65.7 Å². The van der Waals surface area contributed by atoms with Crippen LogP contribution in [0.15, 0.2) is 12.7 Å². The van der Waals surface area contributed by atoms with E-state index >= 15 is 0 Å². The van der Waals surface area contributed by atoms with E-state index in [1.165, 1.54) is 31.8 Å². The highest BCUT2D eigenvalue weighted by Crippen LogP contribution is 2.10. The normalized spacial score (nSPS) is 13.9. The zero-order valence-electron chi connectivity index (χ0n) is 12.2. The fraction of sp³-hybridized carbons (Fsp3) is 0.800. The first kappa shape index (κ1) is 17.2. The molecule has 0 aliphatic rings. The first-order chi connectivity index (χ1) is 8.63. The van der Waals surface area contributed by atoms with E-state index in [-0.39, 0.29) is 12.2 Å². The van der Waals surface area contributed by atoms with E-state index in [0.717, 1.165) is 19.3 Å². The van der Waals surface area contributed by atoms with Crippen molar-refractivity contribution >= 4 is 5.97 Å². The van der Waals surface area contributed by atoms with Crippen molar-refractivity contribution < 1.29 is 9.53 Å². The van der Waals surface area contributed by atoms with Gasteiger partial charge in [-0.2, -0.15) is 0 Å². The van der Waals surface area contributed by atoms with Gasteiger partial charge < -0.3 is 4.74 Å². The Kier molecular flexibility index (Phi) is 10.8. The molecule has 1 N–H and O–H groups in total. The maximum absolute atomic E-state index is 11.1. The van der Waals surface area contributed by atoms with Gasteiger partial charge in [0.15, 0.2) is 6.23 Å². The molecule has 0 aromatic rings. The highest BCUT2D eigenvalue weighted by Gasteiger charge is 2.13. The van der Waals surface area contributed by atoms with E-state index in [1.54, 1.807) is 0 Å². The minimum absolute atomic E-state index is 0.238. The van der Waals surface area contributed by atoms with Gasteiger partial charge in [0.2, 0.25) is 0 Å². The molecule has 3 heteroatoms. The Morgan fingerprint density at radius 3 is 2.50 bits per heavy atom. The molecule has 0 saturated carbocycles. The second kappa shape index (κ2) is 11.3. The van der Waals surface area contributed by atoms with Gasteiger partial charge in [0.25, 0.3) is 0 Å². The van der Waals surface area contributed by atoms with E-state index in [9.17, 15) is 4.79 Å². The molecular formula is C15H29NO2. The van der Waals surface area contributed by atoms with Crippen LogP contribution in [0, 0.1) is 0 Å². The lowest BCUT2D eigenvalue weighted by Crippen LogP contribution is -2.39. The summed E-state index contributed by atoms with van der Waals surface area (Å²) in [6.07, 6.45) is 9.50. The van der Waals surface area contributed by atoms with Gasteiger partial charge in [0.1, 0.15) is 0 Å². The van der Waals surface area contributed by atoms with Crippen LogP contribution in [0.5, 0.6) is 0 Å². The van der Waals surface area contributed by atoms with Crippen molar-refractivity contribution in [3.05, 3.63) is 12.7 Å². The molecule has 0 radical (unpaired) electrons. The SMILES string of the molecule is C=CC(=O)OC(C)NC(CCC)CCCCCC. The quantitative estimate of drug-likeness (QED) is 0.264. The van der Waals surface area contributed by atoms with Crippen LogP contribution in [-0.4, -0.2) is 18.2 Å². The van der Waals surface area contributed by atoms with E-state index in [2.05, 4.69) is 25.7 Å². The number of carbonyl (C=O) groups excluding carboxylic acids is 1. The van der Waals surface area contributed by atoms with Crippen molar-refractivity contribution in [2.75, 3.05) is 0 Å². The Morgan fingerprint density at radius 1 is 1.22 bits per heavy atom. The number of nitrogens with one attached hydrogen (secondary N) is 1. The minimum Gasteiger partial charge on any atom is -0.444 e. The molecule has 0 aromatic heterocycles. The molecule has 0 spiro atoms. The van der Waals surface area contributed by atoms with Crippen LogP contribution in [-0.2, 0) is 9.53 Å². The van der Waals surface area contributed by atoms with Gasteiger partial charge in [0.05, 0.1) is 0 Å². The maximum atomic E-state index is 11.1. The molecule has 0 bridgehead atoms. The Bertz CT molecular complexity index is 229. The van der Waals surface area contributed by atoms with Gasteiger partial charge in [0, 0.05) is 12.1 Å². The Hall–Kier alpha value is -0.830. The Labute approximate surface area is 112 Å². The average molecular weight is 255 g/mol. The number of carbonyl (C=O) groups is 1. The zero-order chi connectivity index (χ0) is 13.8. The first-order valence-electron chi connectivity index (χ1n) is 7.23. The van der Waals surface area contributed by atoms with Gasteiger partial charge in [-0.15, -0.1) is 0 Å². The molecule has 106 valence electrons. The molecule has 2 unspecified atom stereocenters. The first-order valence-corrected chi connectivity index (χ1v) is 7.23. The lowest BCUT2D eigenvalue weighted by Gasteiger charge is -2.22. The maximum Gasteiger partial charge on any atom is 0.331 e. The van der Waals surface area contributed by atoms with Gasteiger partial charge in [-0.3, -0.25) is 5.32 Å². The molecular weight excluding hydrogens is 226 g/mol.